The first-order valence-electron chi connectivity index (χ1n) is 13.2. The molecule has 2 N–H and O–H groups in total. The van der Waals surface area contributed by atoms with E-state index < -0.39 is 13.9 Å². The van der Waals surface area contributed by atoms with Gasteiger partial charge in [-0.15, -0.1) is 0 Å². The summed E-state index contributed by atoms with van der Waals surface area (Å²) in [6, 6.07) is 0. The number of hydrogen-bond donors (Lipinski definition) is 2. The van der Waals surface area contributed by atoms with E-state index >= 15 is 0 Å². The van der Waals surface area contributed by atoms with Gasteiger partial charge in [-0.2, -0.15) is 0 Å². The summed E-state index contributed by atoms with van der Waals surface area (Å²) >= 11 is 0. The molecule has 0 radical (unpaired) electrons. The second kappa shape index (κ2) is 22.0. The van der Waals surface area contributed by atoms with Gasteiger partial charge in [0.1, 0.15) is 6.10 Å². The summed E-state index contributed by atoms with van der Waals surface area (Å²) in [5.74, 6) is 2.32. The quantitative estimate of drug-likeness (QED) is 0.0892. The number of hydrogen-bond acceptors (Lipinski definition) is 6. The van der Waals surface area contributed by atoms with E-state index in [9.17, 15) is 9.46 Å². The summed E-state index contributed by atoms with van der Waals surface area (Å²) in [4.78, 5) is 9.62. The highest BCUT2D eigenvalue weighted by Gasteiger charge is 2.23. The third-order valence-corrected chi connectivity index (χ3v) is 6.86. The summed E-state index contributed by atoms with van der Waals surface area (Å²) in [5.41, 5.74) is 0. The molecule has 0 aliphatic heterocycles. The lowest BCUT2D eigenvalue weighted by molar-refractivity contribution is -0.0219. The van der Waals surface area contributed by atoms with E-state index in [1.54, 1.807) is 7.05 Å². The predicted octanol–water partition coefficient (Wildman–Crippen LogP) is 6.37. The minimum absolute atomic E-state index is 0.0544. The third-order valence-electron chi connectivity index (χ3n) is 5.88. The summed E-state index contributed by atoms with van der Waals surface area (Å²) in [6.07, 6.45) is 15.4. The minimum Gasteiger partial charge on any atom is -0.379 e. The fraction of sp³-hybridized carbons (Fsp3) is 0.923. The molecule has 0 rings (SSSR count). The van der Waals surface area contributed by atoms with Gasteiger partial charge in [0.2, 0.25) is 0 Å². The lowest BCUT2D eigenvalue weighted by Crippen LogP contribution is -2.24. The van der Waals surface area contributed by atoms with Crippen LogP contribution in [0.1, 0.15) is 85.5 Å². The molecule has 0 amide bonds. The average Bonchev–Trinajstić information content (AvgIpc) is 2.77. The molecule has 0 heterocycles. The normalized spacial score (nSPS) is 16.7. The SMILES string of the molecule is CNCCOP(=O)(O)OCC(COCCCCC=CC(C)CCCC(C)CCCC(C)C)OC. The van der Waals surface area contributed by atoms with Crippen molar-refractivity contribution in [3.8, 4) is 0 Å². The Bertz CT molecular complexity index is 531. The molecule has 34 heavy (non-hydrogen) atoms. The Kier molecular flexibility index (Phi) is 21.8. The smallest absolute Gasteiger partial charge is 0.379 e. The molecule has 0 fully saturated rings. The van der Waals surface area contributed by atoms with Crippen molar-refractivity contribution in [1.82, 2.24) is 5.32 Å². The van der Waals surface area contributed by atoms with Crippen LogP contribution in [0, 0.1) is 17.8 Å². The van der Waals surface area contributed by atoms with Crippen molar-refractivity contribution < 1.29 is 28.0 Å². The molecule has 0 aliphatic rings. The van der Waals surface area contributed by atoms with E-state index in [-0.39, 0.29) is 13.2 Å². The lowest BCUT2D eigenvalue weighted by Gasteiger charge is -2.18. The largest absolute Gasteiger partial charge is 0.472 e. The number of phosphoric acid groups is 1. The van der Waals surface area contributed by atoms with Gasteiger partial charge < -0.3 is 19.7 Å². The Morgan fingerprint density at radius 3 is 2.26 bits per heavy atom. The molecule has 8 heteroatoms. The van der Waals surface area contributed by atoms with Crippen molar-refractivity contribution in [1.29, 1.82) is 0 Å². The summed E-state index contributed by atoms with van der Waals surface area (Å²) < 4.78 is 32.5. The van der Waals surface area contributed by atoms with Gasteiger partial charge in [-0.1, -0.05) is 72.0 Å². The molecule has 4 atom stereocenters. The zero-order valence-corrected chi connectivity index (χ0v) is 23.7. The van der Waals surface area contributed by atoms with Crippen LogP contribution in [-0.2, 0) is 23.1 Å². The number of phosphoric ester groups is 1. The molecule has 0 saturated carbocycles. The number of allylic oxidation sites excluding steroid dienone is 2. The predicted molar refractivity (Wildman–Crippen MR) is 141 cm³/mol. The van der Waals surface area contributed by atoms with Gasteiger partial charge in [-0.3, -0.25) is 9.05 Å². The van der Waals surface area contributed by atoms with Crippen LogP contribution in [0.3, 0.4) is 0 Å². The highest BCUT2D eigenvalue weighted by Crippen LogP contribution is 2.43. The number of methoxy groups -OCH3 is 1. The topological polar surface area (TPSA) is 86.3 Å². The zero-order valence-electron chi connectivity index (χ0n) is 22.8. The van der Waals surface area contributed by atoms with Crippen molar-refractivity contribution in [3.05, 3.63) is 12.2 Å². The maximum Gasteiger partial charge on any atom is 0.472 e. The molecular formula is C26H54NO6P. The van der Waals surface area contributed by atoms with Crippen LogP contribution in [-0.4, -0.2) is 58.1 Å². The van der Waals surface area contributed by atoms with Crippen molar-refractivity contribution in [2.45, 2.75) is 91.6 Å². The van der Waals surface area contributed by atoms with Crippen LogP contribution >= 0.6 is 7.82 Å². The highest BCUT2D eigenvalue weighted by molar-refractivity contribution is 7.47. The van der Waals surface area contributed by atoms with Gasteiger partial charge >= 0.3 is 7.82 Å². The second-order valence-corrected chi connectivity index (χ2v) is 11.3. The van der Waals surface area contributed by atoms with Crippen molar-refractivity contribution in [2.75, 3.05) is 47.1 Å². The standard InChI is InChI=1S/C26H54NO6P/c1-23(2)13-11-15-25(4)17-12-16-24(3)14-9-7-8-10-19-31-21-26(30-6)22-33-34(28,29)32-20-18-27-5/h9,14,23-27H,7-8,10-13,15-22H2,1-6H3,(H,28,29). The number of rotatable bonds is 24. The summed E-state index contributed by atoms with van der Waals surface area (Å²) in [5, 5.41) is 2.83. The molecule has 0 spiro atoms. The monoisotopic (exact) mass is 507 g/mol. The summed E-state index contributed by atoms with van der Waals surface area (Å²) in [7, 11) is -0.794. The van der Waals surface area contributed by atoms with E-state index in [0.29, 0.717) is 25.7 Å². The van der Waals surface area contributed by atoms with E-state index in [1.807, 2.05) is 0 Å². The zero-order chi connectivity index (χ0) is 25.7. The van der Waals surface area contributed by atoms with Crippen LogP contribution in [0.2, 0.25) is 0 Å². The second-order valence-electron chi connectivity index (χ2n) is 9.90. The lowest BCUT2D eigenvalue weighted by atomic mass is 9.93. The average molecular weight is 508 g/mol. The van der Waals surface area contributed by atoms with Crippen LogP contribution in [0.4, 0.5) is 0 Å². The molecule has 0 saturated heterocycles. The van der Waals surface area contributed by atoms with E-state index in [4.69, 9.17) is 18.5 Å². The van der Waals surface area contributed by atoms with Crippen LogP contribution < -0.4 is 5.32 Å². The number of ether oxygens (including phenoxy) is 2. The number of nitrogens with one attached hydrogen (secondary N) is 1. The van der Waals surface area contributed by atoms with Crippen molar-refractivity contribution >= 4 is 7.82 Å². The van der Waals surface area contributed by atoms with Gasteiger partial charge in [0, 0.05) is 20.3 Å². The third kappa shape index (κ3) is 22.2. The molecule has 0 aromatic carbocycles. The fourth-order valence-electron chi connectivity index (χ4n) is 3.57. The van der Waals surface area contributed by atoms with E-state index in [2.05, 4.69) is 45.2 Å². The molecule has 0 bridgehead atoms. The molecule has 0 aromatic heterocycles. The molecular weight excluding hydrogens is 453 g/mol. The molecule has 204 valence electrons. The van der Waals surface area contributed by atoms with Crippen LogP contribution in [0.15, 0.2) is 12.2 Å². The Labute approximate surface area is 210 Å². The molecule has 4 unspecified atom stereocenters. The Balaban J connectivity index is 3.74. The van der Waals surface area contributed by atoms with Gasteiger partial charge in [-0.05, 0) is 50.5 Å². The molecule has 0 aliphatic carbocycles. The fourth-order valence-corrected chi connectivity index (χ4v) is 4.33. The van der Waals surface area contributed by atoms with Gasteiger partial charge in [0.25, 0.3) is 0 Å². The van der Waals surface area contributed by atoms with E-state index in [0.717, 1.165) is 31.1 Å². The number of unbranched alkanes of at least 4 members (excludes halogenated alkanes) is 2. The maximum atomic E-state index is 11.8. The van der Waals surface area contributed by atoms with Crippen molar-refractivity contribution in [3.63, 3.8) is 0 Å². The van der Waals surface area contributed by atoms with Gasteiger partial charge in [0.15, 0.2) is 0 Å². The Hall–Kier alpha value is -0.270. The minimum atomic E-state index is -4.06. The first-order chi connectivity index (χ1) is 16.2. The van der Waals surface area contributed by atoms with Gasteiger partial charge in [0.05, 0.1) is 19.8 Å². The van der Waals surface area contributed by atoms with Crippen LogP contribution in [0.25, 0.3) is 0 Å². The molecule has 7 nitrogen and oxygen atoms in total. The van der Waals surface area contributed by atoms with Gasteiger partial charge in [-0.25, -0.2) is 4.57 Å². The van der Waals surface area contributed by atoms with E-state index in [1.165, 1.54) is 45.6 Å². The molecule has 0 aromatic rings. The Morgan fingerprint density at radius 1 is 0.912 bits per heavy atom. The number of likely N-dealkylation sites (N-methyl/N-ethyl adjacent to an activating group) is 1. The van der Waals surface area contributed by atoms with Crippen molar-refractivity contribution in [2.24, 2.45) is 17.8 Å². The highest BCUT2D eigenvalue weighted by atomic mass is 31.2. The Morgan fingerprint density at radius 2 is 1.62 bits per heavy atom. The summed E-state index contributed by atoms with van der Waals surface area (Å²) in [6.45, 7) is 10.8. The maximum absolute atomic E-state index is 11.8. The first-order valence-corrected chi connectivity index (χ1v) is 14.7. The van der Waals surface area contributed by atoms with Crippen LogP contribution in [0.5, 0.6) is 0 Å². The first kappa shape index (κ1) is 33.7.